The molecule has 0 aliphatic rings. The fourth-order valence-electron chi connectivity index (χ4n) is 2.01. The van der Waals surface area contributed by atoms with E-state index < -0.39 is 0 Å². The van der Waals surface area contributed by atoms with Gasteiger partial charge in [0.05, 0.1) is 0 Å². The molecule has 2 aromatic rings. The zero-order chi connectivity index (χ0) is 14.4. The molecule has 1 aromatic heterocycles. The average molecular weight is 275 g/mol. The monoisotopic (exact) mass is 275 g/mol. The Bertz CT molecular complexity index is 516. The first-order valence-corrected chi connectivity index (χ1v) is 7.01. The quantitative estimate of drug-likeness (QED) is 0.835. The first kappa shape index (κ1) is 14.5. The molecule has 1 atom stereocenters. The Hall–Kier alpha value is -1.88. The van der Waals surface area contributed by atoms with Crippen LogP contribution in [0.3, 0.4) is 0 Å². The Labute approximate surface area is 119 Å². The van der Waals surface area contributed by atoms with Gasteiger partial charge in [0, 0.05) is 24.9 Å². The summed E-state index contributed by atoms with van der Waals surface area (Å²) in [5.41, 5.74) is 1.96. The molecule has 0 aliphatic carbocycles. The highest BCUT2D eigenvalue weighted by molar-refractivity contribution is 5.58. The molecule has 0 fully saturated rings. The van der Waals surface area contributed by atoms with E-state index in [1.54, 1.807) is 0 Å². The van der Waals surface area contributed by atoms with Gasteiger partial charge in [-0.2, -0.15) is 4.98 Å². The van der Waals surface area contributed by atoms with Crippen LogP contribution in [-0.2, 0) is 4.74 Å². The lowest BCUT2D eigenvalue weighted by Gasteiger charge is -2.11. The summed E-state index contributed by atoms with van der Waals surface area (Å²) in [6.45, 7) is 4.73. The fraction of sp³-hybridized carbons (Fsp3) is 0.467. The van der Waals surface area contributed by atoms with E-state index in [2.05, 4.69) is 22.4 Å². The van der Waals surface area contributed by atoms with E-state index in [0.717, 1.165) is 24.1 Å². The number of anilines is 1. The lowest BCUT2D eigenvalue weighted by atomic mass is 10.2. The van der Waals surface area contributed by atoms with Gasteiger partial charge >= 0.3 is 0 Å². The molecule has 1 unspecified atom stereocenters. The molecule has 0 amide bonds. The van der Waals surface area contributed by atoms with Crippen molar-refractivity contribution in [2.75, 3.05) is 19.0 Å². The van der Waals surface area contributed by atoms with Crippen molar-refractivity contribution in [1.82, 2.24) is 10.1 Å². The summed E-state index contributed by atoms with van der Waals surface area (Å²) >= 11 is 0. The highest BCUT2D eigenvalue weighted by Gasteiger charge is 2.18. The van der Waals surface area contributed by atoms with Crippen LogP contribution in [0.15, 0.2) is 28.8 Å². The molecular formula is C15H21N3O2. The SMILES string of the molecule is CCCC(OCC)c1noc(-c2ccc(NC)cc2)n1. The molecule has 0 aliphatic heterocycles. The summed E-state index contributed by atoms with van der Waals surface area (Å²) in [6.07, 6.45) is 1.83. The van der Waals surface area contributed by atoms with Crippen LogP contribution < -0.4 is 5.32 Å². The summed E-state index contributed by atoms with van der Waals surface area (Å²) in [4.78, 5) is 4.45. The predicted octanol–water partition coefficient (Wildman–Crippen LogP) is 3.66. The molecule has 1 N–H and O–H groups in total. The average Bonchev–Trinajstić information content (AvgIpc) is 2.97. The van der Waals surface area contributed by atoms with Gasteiger partial charge in [-0.05, 0) is 37.6 Å². The van der Waals surface area contributed by atoms with Crippen molar-refractivity contribution in [3.63, 3.8) is 0 Å². The van der Waals surface area contributed by atoms with Crippen LogP contribution >= 0.6 is 0 Å². The number of nitrogens with zero attached hydrogens (tertiary/aromatic N) is 2. The van der Waals surface area contributed by atoms with Crippen LogP contribution in [0.25, 0.3) is 11.5 Å². The first-order valence-electron chi connectivity index (χ1n) is 7.01. The Morgan fingerprint density at radius 2 is 2.00 bits per heavy atom. The second kappa shape index (κ2) is 7.05. The first-order chi connectivity index (χ1) is 9.78. The van der Waals surface area contributed by atoms with Crippen molar-refractivity contribution in [1.29, 1.82) is 0 Å². The Morgan fingerprint density at radius 1 is 1.25 bits per heavy atom. The van der Waals surface area contributed by atoms with Gasteiger partial charge in [-0.3, -0.25) is 0 Å². The van der Waals surface area contributed by atoms with E-state index in [9.17, 15) is 0 Å². The molecule has 0 radical (unpaired) electrons. The van der Waals surface area contributed by atoms with Gasteiger partial charge < -0.3 is 14.6 Å². The number of ether oxygens (including phenoxy) is 1. The highest BCUT2D eigenvalue weighted by Crippen LogP contribution is 2.24. The summed E-state index contributed by atoms with van der Waals surface area (Å²) < 4.78 is 11.0. The number of hydrogen-bond acceptors (Lipinski definition) is 5. The molecular weight excluding hydrogens is 254 g/mol. The molecule has 1 aromatic carbocycles. The number of nitrogens with one attached hydrogen (secondary N) is 1. The van der Waals surface area contributed by atoms with Crippen molar-refractivity contribution >= 4 is 5.69 Å². The van der Waals surface area contributed by atoms with Crippen LogP contribution in [0.4, 0.5) is 5.69 Å². The third-order valence-corrected chi connectivity index (χ3v) is 3.07. The Balaban J connectivity index is 2.17. The molecule has 5 nitrogen and oxygen atoms in total. The third-order valence-electron chi connectivity index (χ3n) is 3.07. The van der Waals surface area contributed by atoms with Crippen LogP contribution in [0, 0.1) is 0 Å². The molecule has 0 bridgehead atoms. The Kier molecular flexibility index (Phi) is 5.12. The predicted molar refractivity (Wildman–Crippen MR) is 78.6 cm³/mol. The molecule has 108 valence electrons. The van der Waals surface area contributed by atoms with E-state index in [-0.39, 0.29) is 6.10 Å². The lowest BCUT2D eigenvalue weighted by molar-refractivity contribution is 0.0478. The summed E-state index contributed by atoms with van der Waals surface area (Å²) in [5.74, 6) is 1.16. The van der Waals surface area contributed by atoms with Crippen molar-refractivity contribution in [2.45, 2.75) is 32.8 Å². The molecule has 2 rings (SSSR count). The summed E-state index contributed by atoms with van der Waals surface area (Å²) in [6, 6.07) is 7.87. The fourth-order valence-corrected chi connectivity index (χ4v) is 2.01. The van der Waals surface area contributed by atoms with Gasteiger partial charge in [0.2, 0.25) is 5.82 Å². The Morgan fingerprint density at radius 3 is 2.60 bits per heavy atom. The van der Waals surface area contributed by atoms with Crippen LogP contribution in [0.1, 0.15) is 38.6 Å². The van der Waals surface area contributed by atoms with E-state index >= 15 is 0 Å². The zero-order valence-corrected chi connectivity index (χ0v) is 12.2. The topological polar surface area (TPSA) is 60.2 Å². The standard InChI is InChI=1S/C15H21N3O2/c1-4-6-13(19-5-2)14-17-15(20-18-14)11-7-9-12(16-3)10-8-11/h7-10,13,16H,4-6H2,1-3H3. The van der Waals surface area contributed by atoms with Gasteiger partial charge in [-0.1, -0.05) is 18.5 Å². The minimum Gasteiger partial charge on any atom is -0.388 e. The molecule has 1 heterocycles. The number of hydrogen-bond donors (Lipinski definition) is 1. The van der Waals surface area contributed by atoms with Crippen molar-refractivity contribution in [3.8, 4) is 11.5 Å². The smallest absolute Gasteiger partial charge is 0.258 e. The van der Waals surface area contributed by atoms with Crippen LogP contribution in [0.2, 0.25) is 0 Å². The number of rotatable bonds is 7. The van der Waals surface area contributed by atoms with Crippen molar-refractivity contribution in [3.05, 3.63) is 30.1 Å². The maximum absolute atomic E-state index is 5.66. The van der Waals surface area contributed by atoms with Gasteiger partial charge in [0.15, 0.2) is 0 Å². The largest absolute Gasteiger partial charge is 0.388 e. The maximum Gasteiger partial charge on any atom is 0.258 e. The molecule has 20 heavy (non-hydrogen) atoms. The minimum atomic E-state index is -0.0842. The molecule has 0 spiro atoms. The van der Waals surface area contributed by atoms with Crippen molar-refractivity contribution in [2.24, 2.45) is 0 Å². The van der Waals surface area contributed by atoms with E-state index in [1.807, 2.05) is 38.2 Å². The third kappa shape index (κ3) is 3.36. The van der Waals surface area contributed by atoms with Gasteiger partial charge in [0.25, 0.3) is 5.89 Å². The maximum atomic E-state index is 5.66. The van der Waals surface area contributed by atoms with Gasteiger partial charge in [-0.25, -0.2) is 0 Å². The second-order valence-electron chi connectivity index (χ2n) is 4.52. The van der Waals surface area contributed by atoms with E-state index in [1.165, 1.54) is 0 Å². The molecule has 0 saturated heterocycles. The van der Waals surface area contributed by atoms with Crippen molar-refractivity contribution < 1.29 is 9.26 Å². The van der Waals surface area contributed by atoms with Crippen LogP contribution in [0.5, 0.6) is 0 Å². The minimum absolute atomic E-state index is 0.0842. The van der Waals surface area contributed by atoms with Gasteiger partial charge in [0.1, 0.15) is 6.10 Å². The molecule has 5 heteroatoms. The van der Waals surface area contributed by atoms with Crippen LogP contribution in [-0.4, -0.2) is 23.8 Å². The zero-order valence-electron chi connectivity index (χ0n) is 12.2. The number of benzene rings is 1. The number of aromatic nitrogens is 2. The normalized spacial score (nSPS) is 12.3. The van der Waals surface area contributed by atoms with Gasteiger partial charge in [-0.15, -0.1) is 0 Å². The van der Waals surface area contributed by atoms with E-state index in [4.69, 9.17) is 9.26 Å². The molecule has 0 saturated carbocycles. The summed E-state index contributed by atoms with van der Waals surface area (Å²) in [7, 11) is 1.89. The summed E-state index contributed by atoms with van der Waals surface area (Å²) in [5, 5.41) is 7.12. The lowest BCUT2D eigenvalue weighted by Crippen LogP contribution is -2.05. The second-order valence-corrected chi connectivity index (χ2v) is 4.52. The van der Waals surface area contributed by atoms with E-state index in [0.29, 0.717) is 18.3 Å². The highest BCUT2D eigenvalue weighted by atomic mass is 16.5.